The van der Waals surface area contributed by atoms with Crippen LogP contribution < -0.4 is 14.2 Å². The van der Waals surface area contributed by atoms with Crippen molar-refractivity contribution in [1.82, 2.24) is 5.01 Å². The van der Waals surface area contributed by atoms with Crippen LogP contribution in [0.25, 0.3) is 6.08 Å². The lowest BCUT2D eigenvalue weighted by atomic mass is 10.1. The number of methoxy groups -OCH3 is 1. The van der Waals surface area contributed by atoms with Crippen molar-refractivity contribution >= 4 is 39.8 Å². The van der Waals surface area contributed by atoms with Crippen molar-refractivity contribution in [2.45, 2.75) is 13.8 Å². The summed E-state index contributed by atoms with van der Waals surface area (Å²) in [5.74, 6) is 1.72. The average molecular weight is 465 g/mol. The SMILES string of the molecule is COc1cccc(OCCOc2ccccc2/C=C2/C(=N)N3N=C(C(C)C)SC3=NC2=O)c1. The molecule has 170 valence electrons. The highest BCUT2D eigenvalue weighted by atomic mass is 32.2. The van der Waals surface area contributed by atoms with Gasteiger partial charge in [0, 0.05) is 17.5 Å². The number of amidine groups is 2. The maximum absolute atomic E-state index is 12.7. The number of hydrogen-bond acceptors (Lipinski definition) is 7. The summed E-state index contributed by atoms with van der Waals surface area (Å²) >= 11 is 1.33. The summed E-state index contributed by atoms with van der Waals surface area (Å²) in [7, 11) is 1.61. The zero-order valence-corrected chi connectivity index (χ0v) is 19.4. The predicted octanol–water partition coefficient (Wildman–Crippen LogP) is 4.43. The first-order valence-corrected chi connectivity index (χ1v) is 11.3. The van der Waals surface area contributed by atoms with Gasteiger partial charge in [0.1, 0.15) is 35.5 Å². The van der Waals surface area contributed by atoms with E-state index in [1.54, 1.807) is 19.3 Å². The molecule has 9 heteroatoms. The molecule has 4 rings (SSSR count). The Labute approximate surface area is 196 Å². The normalized spacial score (nSPS) is 16.6. The van der Waals surface area contributed by atoms with Crippen LogP contribution in [-0.4, -0.2) is 47.3 Å². The molecule has 1 amide bonds. The van der Waals surface area contributed by atoms with Crippen LogP contribution in [0.5, 0.6) is 17.2 Å². The maximum Gasteiger partial charge on any atom is 0.283 e. The number of fused-ring (bicyclic) bond motifs is 1. The van der Waals surface area contributed by atoms with Crippen LogP contribution in [0.2, 0.25) is 0 Å². The zero-order chi connectivity index (χ0) is 23.4. The number of carbonyl (C=O) groups is 1. The van der Waals surface area contributed by atoms with E-state index in [1.807, 2.05) is 56.3 Å². The average Bonchev–Trinajstić information content (AvgIpc) is 3.25. The van der Waals surface area contributed by atoms with Gasteiger partial charge in [-0.05, 0) is 36.0 Å². The lowest BCUT2D eigenvalue weighted by Crippen LogP contribution is -2.35. The number of nitrogens with zero attached hydrogens (tertiary/aromatic N) is 3. The molecule has 1 N–H and O–H groups in total. The number of amides is 1. The van der Waals surface area contributed by atoms with Gasteiger partial charge in [-0.2, -0.15) is 15.1 Å². The van der Waals surface area contributed by atoms with Gasteiger partial charge >= 0.3 is 0 Å². The molecule has 2 aromatic rings. The summed E-state index contributed by atoms with van der Waals surface area (Å²) in [5.41, 5.74) is 0.835. The molecule has 33 heavy (non-hydrogen) atoms. The molecule has 2 aliphatic rings. The van der Waals surface area contributed by atoms with Gasteiger partial charge < -0.3 is 14.2 Å². The van der Waals surface area contributed by atoms with Gasteiger partial charge in [0.2, 0.25) is 5.17 Å². The van der Waals surface area contributed by atoms with E-state index >= 15 is 0 Å². The van der Waals surface area contributed by atoms with Crippen molar-refractivity contribution in [3.63, 3.8) is 0 Å². The number of benzene rings is 2. The largest absolute Gasteiger partial charge is 0.497 e. The van der Waals surface area contributed by atoms with Gasteiger partial charge in [-0.25, -0.2) is 0 Å². The topological polar surface area (TPSA) is 96.6 Å². The summed E-state index contributed by atoms with van der Waals surface area (Å²) in [5, 5.41) is 15.6. The fraction of sp³-hybridized carbons (Fsp3) is 0.250. The second-order valence-corrected chi connectivity index (χ2v) is 8.51. The quantitative estimate of drug-likeness (QED) is 0.459. The highest BCUT2D eigenvalue weighted by Crippen LogP contribution is 2.31. The number of rotatable bonds is 8. The lowest BCUT2D eigenvalue weighted by molar-refractivity contribution is -0.114. The molecule has 0 atom stereocenters. The Bertz CT molecular complexity index is 1170. The summed E-state index contributed by atoms with van der Waals surface area (Å²) in [6.07, 6.45) is 1.62. The van der Waals surface area contributed by atoms with Crippen LogP contribution in [0.4, 0.5) is 0 Å². The monoisotopic (exact) mass is 464 g/mol. The summed E-state index contributed by atoms with van der Waals surface area (Å²) in [6, 6.07) is 14.7. The van der Waals surface area contributed by atoms with Crippen molar-refractivity contribution in [2.24, 2.45) is 16.0 Å². The third-order valence-corrected chi connectivity index (χ3v) is 6.04. The summed E-state index contributed by atoms with van der Waals surface area (Å²) in [4.78, 5) is 16.8. The number of hydrogen-bond donors (Lipinski definition) is 1. The van der Waals surface area contributed by atoms with Gasteiger partial charge in [-0.3, -0.25) is 10.2 Å². The van der Waals surface area contributed by atoms with Crippen LogP contribution in [-0.2, 0) is 4.79 Å². The number of nitrogens with one attached hydrogen (secondary N) is 1. The number of ether oxygens (including phenoxy) is 3. The molecule has 0 spiro atoms. The fourth-order valence-electron chi connectivity index (χ4n) is 3.13. The van der Waals surface area contributed by atoms with E-state index in [2.05, 4.69) is 10.1 Å². The van der Waals surface area contributed by atoms with Crippen molar-refractivity contribution in [3.8, 4) is 17.2 Å². The first-order chi connectivity index (χ1) is 16.0. The number of aliphatic imine (C=N–C) groups is 1. The number of thioether (sulfide) groups is 1. The van der Waals surface area contributed by atoms with Gasteiger partial charge in [-0.1, -0.05) is 38.1 Å². The number of carbonyl (C=O) groups excluding carboxylic acids is 1. The standard InChI is InChI=1S/C24H24N4O4S/c1-15(2)23-27-28-21(25)19(22(29)26-24(28)33-23)13-16-7-4-5-10-20(16)32-12-11-31-18-9-6-8-17(14-18)30-3/h4-10,13-15,25H,11-12H2,1-3H3/b19-13-,25-21?. The first kappa shape index (κ1) is 22.6. The molecule has 8 nitrogen and oxygen atoms in total. The van der Waals surface area contributed by atoms with Gasteiger partial charge in [0.15, 0.2) is 5.84 Å². The lowest BCUT2D eigenvalue weighted by Gasteiger charge is -2.20. The molecule has 2 heterocycles. The van der Waals surface area contributed by atoms with Gasteiger partial charge in [0.05, 0.1) is 12.7 Å². The highest BCUT2D eigenvalue weighted by molar-refractivity contribution is 8.27. The Hall–Kier alpha value is -3.59. The van der Waals surface area contributed by atoms with Crippen LogP contribution in [0, 0.1) is 11.3 Å². The molecule has 0 unspecified atom stereocenters. The minimum Gasteiger partial charge on any atom is -0.497 e. The van der Waals surface area contributed by atoms with E-state index in [0.29, 0.717) is 35.4 Å². The van der Waals surface area contributed by atoms with Crippen molar-refractivity contribution < 1.29 is 19.0 Å². The van der Waals surface area contributed by atoms with E-state index in [0.717, 1.165) is 10.8 Å². The van der Waals surface area contributed by atoms with E-state index in [9.17, 15) is 4.79 Å². The molecular formula is C24H24N4O4S. The fourth-order valence-corrected chi connectivity index (χ4v) is 4.02. The smallest absolute Gasteiger partial charge is 0.283 e. The predicted molar refractivity (Wildman–Crippen MR) is 130 cm³/mol. The molecule has 2 aromatic carbocycles. The van der Waals surface area contributed by atoms with Crippen molar-refractivity contribution in [3.05, 3.63) is 59.7 Å². The summed E-state index contributed by atoms with van der Waals surface area (Å²) in [6.45, 7) is 4.66. The molecule has 2 aliphatic heterocycles. The van der Waals surface area contributed by atoms with E-state index in [-0.39, 0.29) is 17.3 Å². The number of hydrazone groups is 1. The van der Waals surface area contributed by atoms with Crippen LogP contribution in [0.15, 0.2) is 64.2 Å². The highest BCUT2D eigenvalue weighted by Gasteiger charge is 2.36. The molecule has 0 saturated carbocycles. The van der Waals surface area contributed by atoms with Crippen LogP contribution in [0.1, 0.15) is 19.4 Å². The molecule has 0 aliphatic carbocycles. The third-order valence-electron chi connectivity index (χ3n) is 4.83. The maximum atomic E-state index is 12.7. The Kier molecular flexibility index (Phi) is 6.79. The van der Waals surface area contributed by atoms with Crippen LogP contribution >= 0.6 is 11.8 Å². The molecule has 0 saturated heterocycles. The summed E-state index contributed by atoms with van der Waals surface area (Å²) < 4.78 is 16.8. The second-order valence-electron chi connectivity index (χ2n) is 7.53. The Balaban J connectivity index is 1.46. The minimum absolute atomic E-state index is 0.00399. The first-order valence-electron chi connectivity index (χ1n) is 10.4. The van der Waals surface area contributed by atoms with Gasteiger partial charge in [0.25, 0.3) is 5.91 Å². The van der Waals surface area contributed by atoms with Crippen LogP contribution in [0.3, 0.4) is 0 Å². The molecule has 0 fully saturated rings. The zero-order valence-electron chi connectivity index (χ0n) is 18.6. The molecule has 0 aromatic heterocycles. The Morgan fingerprint density at radius 2 is 1.85 bits per heavy atom. The molecule has 0 bridgehead atoms. The Morgan fingerprint density at radius 1 is 1.09 bits per heavy atom. The minimum atomic E-state index is -0.463. The van der Waals surface area contributed by atoms with E-state index in [1.165, 1.54) is 16.8 Å². The van der Waals surface area contributed by atoms with Crippen molar-refractivity contribution in [1.29, 1.82) is 5.41 Å². The van der Waals surface area contributed by atoms with Gasteiger partial charge in [-0.15, -0.1) is 0 Å². The van der Waals surface area contributed by atoms with E-state index in [4.69, 9.17) is 19.6 Å². The third kappa shape index (κ3) is 5.09. The molecule has 0 radical (unpaired) electrons. The van der Waals surface area contributed by atoms with Crippen molar-refractivity contribution in [2.75, 3.05) is 20.3 Å². The Morgan fingerprint density at radius 3 is 2.64 bits per heavy atom. The molecular weight excluding hydrogens is 440 g/mol. The van der Waals surface area contributed by atoms with E-state index < -0.39 is 5.91 Å². The second kappa shape index (κ2) is 9.91. The number of para-hydroxylation sites is 1.